The Kier molecular flexibility index (Phi) is 7.78. The van der Waals surface area contributed by atoms with Gasteiger partial charge in [0, 0.05) is 14.7 Å². The molecule has 0 unspecified atom stereocenters. The molecule has 4 aromatic rings. The molecule has 0 aliphatic carbocycles. The summed E-state index contributed by atoms with van der Waals surface area (Å²) in [5, 5.41) is 7.55. The fourth-order valence-electron chi connectivity index (χ4n) is 3.12. The number of hydrogen-bond acceptors (Lipinski definition) is 5. The smallest absolute Gasteiger partial charge is 0.341 e. The van der Waals surface area contributed by atoms with E-state index in [0.29, 0.717) is 22.3 Å². The van der Waals surface area contributed by atoms with E-state index in [2.05, 4.69) is 22.8 Å². The Morgan fingerprint density at radius 3 is 2.33 bits per heavy atom. The van der Waals surface area contributed by atoms with Crippen LogP contribution >= 0.6 is 35.3 Å². The summed E-state index contributed by atoms with van der Waals surface area (Å²) in [6, 6.07) is 29.9. The average molecular weight is 491 g/mol. The van der Waals surface area contributed by atoms with E-state index in [1.807, 2.05) is 78.9 Å². The Morgan fingerprint density at radius 1 is 0.939 bits per heavy atom. The normalized spacial score (nSPS) is 10.5. The molecule has 7 heteroatoms. The molecule has 0 saturated carbocycles. The summed E-state index contributed by atoms with van der Waals surface area (Å²) >= 11 is 8.73. The molecule has 0 aliphatic heterocycles. The quantitative estimate of drug-likeness (QED) is 0.206. The third-order valence-electron chi connectivity index (χ3n) is 4.62. The molecule has 0 atom stereocenters. The summed E-state index contributed by atoms with van der Waals surface area (Å²) in [5.74, 6) is -0.374. The molecule has 0 spiro atoms. The van der Waals surface area contributed by atoms with Crippen molar-refractivity contribution in [1.29, 1.82) is 0 Å². The molecule has 1 heterocycles. The van der Waals surface area contributed by atoms with Crippen molar-refractivity contribution >= 4 is 57.1 Å². The lowest BCUT2D eigenvalue weighted by Gasteiger charge is -2.14. The van der Waals surface area contributed by atoms with Crippen molar-refractivity contribution in [3.05, 3.63) is 96.6 Å². The van der Waals surface area contributed by atoms with Gasteiger partial charge in [0.15, 0.2) is 5.11 Å². The highest BCUT2D eigenvalue weighted by atomic mass is 32.2. The van der Waals surface area contributed by atoms with Crippen molar-refractivity contribution in [2.24, 2.45) is 0 Å². The standard InChI is InChI=1S/C26H22N2O2S3/c1-2-30-25(29)20-17-23(18-11-5-3-6-12-18)33-24(20)28-26(31)27-21-15-9-10-16-22(21)32-19-13-7-4-8-14-19/h3-17H,2H2,1H3,(H2,27,28,31). The number of para-hydroxylation sites is 1. The van der Waals surface area contributed by atoms with Crippen LogP contribution in [0.1, 0.15) is 17.3 Å². The molecule has 33 heavy (non-hydrogen) atoms. The fourth-order valence-corrected chi connectivity index (χ4v) is 5.38. The van der Waals surface area contributed by atoms with Gasteiger partial charge in [-0.3, -0.25) is 0 Å². The number of rotatable bonds is 7. The molecule has 4 nitrogen and oxygen atoms in total. The highest BCUT2D eigenvalue weighted by Gasteiger charge is 2.19. The molecule has 166 valence electrons. The summed E-state index contributed by atoms with van der Waals surface area (Å²) in [6.45, 7) is 2.10. The maximum atomic E-state index is 12.6. The molecule has 4 rings (SSSR count). The van der Waals surface area contributed by atoms with Gasteiger partial charge in [0.2, 0.25) is 0 Å². The summed E-state index contributed by atoms with van der Waals surface area (Å²) in [7, 11) is 0. The molecule has 0 fully saturated rings. The largest absolute Gasteiger partial charge is 0.462 e. The molecule has 0 radical (unpaired) electrons. The van der Waals surface area contributed by atoms with Gasteiger partial charge in [-0.1, -0.05) is 72.4 Å². The van der Waals surface area contributed by atoms with Crippen LogP contribution in [0.2, 0.25) is 0 Å². The van der Waals surface area contributed by atoms with E-state index in [-0.39, 0.29) is 5.97 Å². The van der Waals surface area contributed by atoms with Gasteiger partial charge in [0.1, 0.15) is 5.00 Å². The number of carbonyl (C=O) groups excluding carboxylic acids is 1. The lowest BCUT2D eigenvalue weighted by atomic mass is 10.1. The Labute approximate surface area is 207 Å². The van der Waals surface area contributed by atoms with Crippen LogP contribution < -0.4 is 10.6 Å². The predicted molar refractivity (Wildman–Crippen MR) is 143 cm³/mol. The van der Waals surface area contributed by atoms with Crippen molar-refractivity contribution < 1.29 is 9.53 Å². The summed E-state index contributed by atoms with van der Waals surface area (Å²) in [5.41, 5.74) is 2.39. The maximum absolute atomic E-state index is 12.6. The first-order chi connectivity index (χ1) is 16.1. The second-order valence-corrected chi connectivity index (χ2v) is 9.51. The Bertz CT molecular complexity index is 1240. The van der Waals surface area contributed by atoms with Crippen LogP contribution in [0.25, 0.3) is 10.4 Å². The third-order valence-corrected chi connectivity index (χ3v) is 7.01. The van der Waals surface area contributed by atoms with Crippen molar-refractivity contribution in [2.75, 3.05) is 17.2 Å². The summed E-state index contributed by atoms with van der Waals surface area (Å²) in [6.07, 6.45) is 0. The van der Waals surface area contributed by atoms with Crippen LogP contribution in [0.4, 0.5) is 10.7 Å². The highest BCUT2D eigenvalue weighted by molar-refractivity contribution is 7.99. The zero-order valence-corrected chi connectivity index (χ0v) is 20.4. The first-order valence-corrected chi connectivity index (χ1v) is 12.4. The van der Waals surface area contributed by atoms with Gasteiger partial charge in [0.25, 0.3) is 0 Å². The van der Waals surface area contributed by atoms with Crippen LogP contribution in [-0.4, -0.2) is 17.7 Å². The number of ether oxygens (including phenoxy) is 1. The maximum Gasteiger partial charge on any atom is 0.341 e. The van der Waals surface area contributed by atoms with Gasteiger partial charge in [-0.05, 0) is 55.0 Å². The van der Waals surface area contributed by atoms with Gasteiger partial charge < -0.3 is 15.4 Å². The minimum Gasteiger partial charge on any atom is -0.462 e. The number of anilines is 2. The first kappa shape index (κ1) is 23.0. The van der Waals surface area contributed by atoms with E-state index in [1.165, 1.54) is 11.3 Å². The zero-order chi connectivity index (χ0) is 23.0. The predicted octanol–water partition coefficient (Wildman–Crippen LogP) is 7.55. The number of nitrogens with one attached hydrogen (secondary N) is 2. The van der Waals surface area contributed by atoms with Crippen molar-refractivity contribution in [2.45, 2.75) is 16.7 Å². The van der Waals surface area contributed by atoms with Gasteiger partial charge in [-0.25, -0.2) is 4.79 Å². The van der Waals surface area contributed by atoms with Crippen LogP contribution in [-0.2, 0) is 4.74 Å². The Morgan fingerprint density at radius 2 is 1.61 bits per heavy atom. The van der Waals surface area contributed by atoms with Gasteiger partial charge >= 0.3 is 5.97 Å². The average Bonchev–Trinajstić information content (AvgIpc) is 3.25. The number of esters is 1. The molecule has 1 aromatic heterocycles. The van der Waals surface area contributed by atoms with Crippen molar-refractivity contribution in [3.8, 4) is 10.4 Å². The molecular formula is C26H22N2O2S3. The van der Waals surface area contributed by atoms with E-state index >= 15 is 0 Å². The van der Waals surface area contributed by atoms with E-state index in [0.717, 1.165) is 25.9 Å². The number of carbonyl (C=O) groups is 1. The molecule has 0 aliphatic rings. The molecule has 3 aromatic carbocycles. The van der Waals surface area contributed by atoms with Crippen LogP contribution in [0.15, 0.2) is 101 Å². The first-order valence-electron chi connectivity index (χ1n) is 10.4. The van der Waals surface area contributed by atoms with Crippen molar-refractivity contribution in [3.63, 3.8) is 0 Å². The number of thiocarbonyl (C=S) groups is 1. The molecular weight excluding hydrogens is 468 g/mol. The monoisotopic (exact) mass is 490 g/mol. The number of hydrogen-bond donors (Lipinski definition) is 2. The molecule has 0 saturated heterocycles. The van der Waals surface area contributed by atoms with E-state index in [1.54, 1.807) is 18.7 Å². The fraction of sp³-hybridized carbons (Fsp3) is 0.0769. The van der Waals surface area contributed by atoms with Gasteiger partial charge in [-0.2, -0.15) is 0 Å². The lowest BCUT2D eigenvalue weighted by Crippen LogP contribution is -2.20. The van der Waals surface area contributed by atoms with Crippen LogP contribution in [0, 0.1) is 0 Å². The SMILES string of the molecule is CCOC(=O)c1cc(-c2ccccc2)sc1NC(=S)Nc1ccccc1Sc1ccccc1. The zero-order valence-electron chi connectivity index (χ0n) is 17.9. The Balaban J connectivity index is 1.55. The molecule has 0 bridgehead atoms. The van der Waals surface area contributed by atoms with E-state index in [9.17, 15) is 4.79 Å². The highest BCUT2D eigenvalue weighted by Crippen LogP contribution is 2.37. The Hall–Kier alpha value is -3.13. The van der Waals surface area contributed by atoms with E-state index in [4.69, 9.17) is 17.0 Å². The second kappa shape index (κ2) is 11.1. The van der Waals surface area contributed by atoms with Crippen LogP contribution in [0.3, 0.4) is 0 Å². The minimum absolute atomic E-state index is 0.307. The molecule has 2 N–H and O–H groups in total. The summed E-state index contributed by atoms with van der Waals surface area (Å²) in [4.78, 5) is 15.7. The topological polar surface area (TPSA) is 50.4 Å². The second-order valence-electron chi connectivity index (χ2n) is 6.93. The number of thiophene rings is 1. The summed E-state index contributed by atoms with van der Waals surface area (Å²) < 4.78 is 5.26. The van der Waals surface area contributed by atoms with Gasteiger partial charge in [-0.15, -0.1) is 11.3 Å². The van der Waals surface area contributed by atoms with Crippen molar-refractivity contribution in [1.82, 2.24) is 0 Å². The van der Waals surface area contributed by atoms with Crippen LogP contribution in [0.5, 0.6) is 0 Å². The van der Waals surface area contributed by atoms with Gasteiger partial charge in [0.05, 0.1) is 17.9 Å². The van der Waals surface area contributed by atoms with E-state index < -0.39 is 0 Å². The minimum atomic E-state index is -0.374. The third kappa shape index (κ3) is 6.01. The number of benzene rings is 3. The lowest BCUT2D eigenvalue weighted by molar-refractivity contribution is 0.0528. The molecule has 0 amide bonds.